The quantitative estimate of drug-likeness (QED) is 0.647. The molecule has 1 amide bonds. The number of aryl methyl sites for hydroxylation is 1. The minimum Gasteiger partial charge on any atom is -0.497 e. The molecular formula is C23H25NO3. The Hall–Kier alpha value is -3.01. The van der Waals surface area contributed by atoms with Gasteiger partial charge < -0.3 is 14.8 Å². The van der Waals surface area contributed by atoms with E-state index < -0.39 is 0 Å². The maximum absolute atomic E-state index is 12.3. The van der Waals surface area contributed by atoms with E-state index in [-0.39, 0.29) is 11.9 Å². The maximum atomic E-state index is 12.3. The third-order valence-corrected chi connectivity index (χ3v) is 4.47. The van der Waals surface area contributed by atoms with Crippen LogP contribution in [0.5, 0.6) is 11.5 Å². The van der Waals surface area contributed by atoms with E-state index in [1.165, 1.54) is 16.3 Å². The van der Waals surface area contributed by atoms with E-state index in [1.807, 2.05) is 49.4 Å². The van der Waals surface area contributed by atoms with Crippen molar-refractivity contribution in [1.82, 2.24) is 5.32 Å². The van der Waals surface area contributed by atoms with Crippen LogP contribution >= 0.6 is 0 Å². The van der Waals surface area contributed by atoms with E-state index in [0.29, 0.717) is 13.0 Å². The Kier molecular flexibility index (Phi) is 6.31. The highest BCUT2D eigenvalue weighted by atomic mass is 16.5. The molecule has 0 heterocycles. The number of nitrogens with one attached hydrogen (secondary N) is 1. The van der Waals surface area contributed by atoms with Crippen molar-refractivity contribution < 1.29 is 14.3 Å². The van der Waals surface area contributed by atoms with Crippen LogP contribution in [0.1, 0.15) is 18.9 Å². The predicted molar refractivity (Wildman–Crippen MR) is 108 cm³/mol. The minimum atomic E-state index is -0.0629. The average molecular weight is 363 g/mol. The van der Waals surface area contributed by atoms with Gasteiger partial charge in [0.15, 0.2) is 0 Å². The molecule has 0 fully saturated rings. The lowest BCUT2D eigenvalue weighted by molar-refractivity contribution is -0.121. The fourth-order valence-corrected chi connectivity index (χ4v) is 3.04. The summed E-state index contributed by atoms with van der Waals surface area (Å²) < 4.78 is 10.8. The largest absolute Gasteiger partial charge is 0.497 e. The van der Waals surface area contributed by atoms with E-state index in [0.717, 1.165) is 17.9 Å². The van der Waals surface area contributed by atoms with E-state index in [1.54, 1.807) is 7.11 Å². The number of hydrogen-bond acceptors (Lipinski definition) is 3. The number of amides is 1. The lowest BCUT2D eigenvalue weighted by atomic mass is 10.0. The summed E-state index contributed by atoms with van der Waals surface area (Å²) in [4.78, 5) is 12.3. The number of ether oxygens (including phenoxy) is 2. The van der Waals surface area contributed by atoms with Crippen molar-refractivity contribution in [3.63, 3.8) is 0 Å². The standard InChI is InChI=1S/C23H25NO3/c1-17(16-27-21-13-11-20(26-2)12-14-21)24-23(25)15-10-19-8-5-7-18-6-3-4-9-22(18)19/h3-9,11-14,17H,10,15-16H2,1-2H3,(H,24,25)/t17-/m1/s1. The number of fused-ring (bicyclic) bond motifs is 1. The highest BCUT2D eigenvalue weighted by molar-refractivity contribution is 5.86. The highest BCUT2D eigenvalue weighted by Crippen LogP contribution is 2.20. The van der Waals surface area contributed by atoms with Crippen LogP contribution in [0.25, 0.3) is 10.8 Å². The Morgan fingerprint density at radius 2 is 1.67 bits per heavy atom. The topological polar surface area (TPSA) is 47.6 Å². The molecule has 0 aliphatic carbocycles. The Labute approximate surface area is 160 Å². The van der Waals surface area contributed by atoms with Gasteiger partial charge in [0.1, 0.15) is 18.1 Å². The molecule has 4 nitrogen and oxygen atoms in total. The second kappa shape index (κ2) is 9.08. The summed E-state index contributed by atoms with van der Waals surface area (Å²) in [6.45, 7) is 2.37. The molecule has 3 aromatic rings. The lowest BCUT2D eigenvalue weighted by Crippen LogP contribution is -2.36. The van der Waals surface area contributed by atoms with Crippen LogP contribution in [-0.4, -0.2) is 25.7 Å². The third kappa shape index (κ3) is 5.23. The first kappa shape index (κ1) is 18.8. The van der Waals surface area contributed by atoms with Gasteiger partial charge in [0.25, 0.3) is 0 Å². The summed E-state index contributed by atoms with van der Waals surface area (Å²) in [5.41, 5.74) is 1.20. The van der Waals surface area contributed by atoms with E-state index in [9.17, 15) is 4.79 Å². The maximum Gasteiger partial charge on any atom is 0.220 e. The summed E-state index contributed by atoms with van der Waals surface area (Å²) in [6.07, 6.45) is 1.18. The number of hydrogen-bond donors (Lipinski definition) is 1. The molecule has 0 aromatic heterocycles. The molecule has 140 valence electrons. The Bertz CT molecular complexity index is 884. The van der Waals surface area contributed by atoms with E-state index >= 15 is 0 Å². The van der Waals surface area contributed by atoms with Gasteiger partial charge in [-0.2, -0.15) is 0 Å². The third-order valence-electron chi connectivity index (χ3n) is 4.47. The number of carbonyl (C=O) groups excluding carboxylic acids is 1. The van der Waals surface area contributed by atoms with Crippen molar-refractivity contribution >= 4 is 16.7 Å². The van der Waals surface area contributed by atoms with Gasteiger partial charge >= 0.3 is 0 Å². The SMILES string of the molecule is COc1ccc(OC[C@@H](C)NC(=O)CCc2cccc3ccccc23)cc1. The zero-order chi connectivity index (χ0) is 19.1. The van der Waals surface area contributed by atoms with Crippen molar-refractivity contribution in [2.45, 2.75) is 25.8 Å². The van der Waals surface area contributed by atoms with Gasteiger partial charge in [-0.1, -0.05) is 42.5 Å². The van der Waals surface area contributed by atoms with Crippen LogP contribution in [-0.2, 0) is 11.2 Å². The second-order valence-corrected chi connectivity index (χ2v) is 6.59. The van der Waals surface area contributed by atoms with Gasteiger partial charge in [0.05, 0.1) is 13.2 Å². The van der Waals surface area contributed by atoms with Crippen LogP contribution in [0.2, 0.25) is 0 Å². The smallest absolute Gasteiger partial charge is 0.220 e. The zero-order valence-electron chi connectivity index (χ0n) is 15.8. The van der Waals surface area contributed by atoms with Gasteiger partial charge in [-0.3, -0.25) is 4.79 Å². The number of methoxy groups -OCH3 is 1. The second-order valence-electron chi connectivity index (χ2n) is 6.59. The number of carbonyl (C=O) groups is 1. The van der Waals surface area contributed by atoms with Gasteiger partial charge in [0.2, 0.25) is 5.91 Å². The minimum absolute atomic E-state index is 0.0359. The van der Waals surface area contributed by atoms with Crippen LogP contribution in [0.15, 0.2) is 66.7 Å². The molecule has 0 spiro atoms. The first-order chi connectivity index (χ1) is 13.2. The molecule has 0 aliphatic heterocycles. The molecule has 0 saturated carbocycles. The van der Waals surface area contributed by atoms with Crippen molar-refractivity contribution in [3.05, 3.63) is 72.3 Å². The molecule has 0 saturated heterocycles. The first-order valence-corrected chi connectivity index (χ1v) is 9.18. The molecule has 1 N–H and O–H groups in total. The summed E-state index contributed by atoms with van der Waals surface area (Å²) in [6, 6.07) is 21.8. The average Bonchev–Trinajstić information content (AvgIpc) is 2.71. The summed E-state index contributed by atoms with van der Waals surface area (Å²) in [7, 11) is 1.63. The molecule has 0 radical (unpaired) electrons. The Morgan fingerprint density at radius 1 is 0.963 bits per heavy atom. The normalized spacial score (nSPS) is 11.8. The van der Waals surface area contributed by atoms with Gasteiger partial charge in [-0.05, 0) is 53.9 Å². The Balaban J connectivity index is 1.46. The van der Waals surface area contributed by atoms with Crippen LogP contribution < -0.4 is 14.8 Å². The summed E-state index contributed by atoms with van der Waals surface area (Å²) >= 11 is 0. The fourth-order valence-electron chi connectivity index (χ4n) is 3.04. The number of benzene rings is 3. The zero-order valence-corrected chi connectivity index (χ0v) is 15.8. The first-order valence-electron chi connectivity index (χ1n) is 9.18. The fraction of sp³-hybridized carbons (Fsp3) is 0.261. The summed E-state index contributed by atoms with van der Waals surface area (Å²) in [5, 5.41) is 5.42. The van der Waals surface area contributed by atoms with Crippen LogP contribution in [0, 0.1) is 0 Å². The molecule has 0 bridgehead atoms. The summed E-state index contributed by atoms with van der Waals surface area (Å²) in [5.74, 6) is 1.58. The molecule has 0 unspecified atom stereocenters. The van der Waals surface area contributed by atoms with Crippen molar-refractivity contribution in [1.29, 1.82) is 0 Å². The van der Waals surface area contributed by atoms with Crippen molar-refractivity contribution in [2.24, 2.45) is 0 Å². The van der Waals surface area contributed by atoms with Gasteiger partial charge in [-0.25, -0.2) is 0 Å². The molecule has 0 aliphatic rings. The molecule has 3 aromatic carbocycles. The molecular weight excluding hydrogens is 338 g/mol. The Morgan fingerprint density at radius 3 is 2.44 bits per heavy atom. The van der Waals surface area contributed by atoms with Crippen molar-refractivity contribution in [3.8, 4) is 11.5 Å². The monoisotopic (exact) mass is 363 g/mol. The lowest BCUT2D eigenvalue weighted by Gasteiger charge is -2.15. The predicted octanol–water partition coefficient (Wildman–Crippen LogP) is 4.36. The molecule has 27 heavy (non-hydrogen) atoms. The van der Waals surface area contributed by atoms with Gasteiger partial charge in [0, 0.05) is 6.42 Å². The van der Waals surface area contributed by atoms with Crippen molar-refractivity contribution in [2.75, 3.05) is 13.7 Å². The number of rotatable bonds is 8. The van der Waals surface area contributed by atoms with Gasteiger partial charge in [-0.15, -0.1) is 0 Å². The highest BCUT2D eigenvalue weighted by Gasteiger charge is 2.09. The molecule has 1 atom stereocenters. The van der Waals surface area contributed by atoms with Crippen LogP contribution in [0.3, 0.4) is 0 Å². The van der Waals surface area contributed by atoms with Crippen LogP contribution in [0.4, 0.5) is 0 Å². The van der Waals surface area contributed by atoms with E-state index in [4.69, 9.17) is 9.47 Å². The van der Waals surface area contributed by atoms with E-state index in [2.05, 4.69) is 29.6 Å². The molecule has 4 heteroatoms. The molecule has 3 rings (SSSR count).